The molecule has 0 aromatic carbocycles. The molecule has 0 radical (unpaired) electrons. The molecule has 0 saturated heterocycles. The van der Waals surface area contributed by atoms with Crippen LogP contribution in [0.5, 0.6) is 5.88 Å². The van der Waals surface area contributed by atoms with Crippen molar-refractivity contribution in [1.29, 1.82) is 0 Å². The Morgan fingerprint density at radius 2 is 2.16 bits per heavy atom. The van der Waals surface area contributed by atoms with Gasteiger partial charge >= 0.3 is 0 Å². The van der Waals surface area contributed by atoms with E-state index < -0.39 is 0 Å². The first-order valence-corrected chi connectivity index (χ1v) is 6.40. The maximum Gasteiger partial charge on any atom is 0.225 e. The Morgan fingerprint density at radius 3 is 2.89 bits per heavy atom. The Kier molecular flexibility index (Phi) is 4.66. The van der Waals surface area contributed by atoms with Crippen molar-refractivity contribution < 1.29 is 4.74 Å². The molecule has 0 saturated carbocycles. The monoisotopic (exact) mass is 258 g/mol. The average Bonchev–Trinajstić information content (AvgIpc) is 2.44. The normalized spacial score (nSPS) is 10.2. The zero-order valence-electron chi connectivity index (χ0n) is 11.3. The van der Waals surface area contributed by atoms with Crippen molar-refractivity contribution in [1.82, 2.24) is 15.0 Å². The predicted octanol–water partition coefficient (Wildman–Crippen LogP) is 2.23. The van der Waals surface area contributed by atoms with Crippen molar-refractivity contribution in [3.05, 3.63) is 41.9 Å². The van der Waals surface area contributed by atoms with E-state index in [1.165, 1.54) is 0 Å². The molecule has 19 heavy (non-hydrogen) atoms. The highest BCUT2D eigenvalue weighted by atomic mass is 16.5. The summed E-state index contributed by atoms with van der Waals surface area (Å²) in [6.45, 7) is 5.29. The molecule has 2 rings (SSSR count). The van der Waals surface area contributed by atoms with E-state index in [1.807, 2.05) is 32.0 Å². The number of pyridine rings is 1. The van der Waals surface area contributed by atoms with Crippen LogP contribution in [0.3, 0.4) is 0 Å². The summed E-state index contributed by atoms with van der Waals surface area (Å²) >= 11 is 0. The van der Waals surface area contributed by atoms with Crippen molar-refractivity contribution >= 4 is 5.95 Å². The molecule has 0 aliphatic carbocycles. The molecular weight excluding hydrogens is 240 g/mol. The minimum absolute atomic E-state index is 0.556. The molecule has 2 aromatic heterocycles. The van der Waals surface area contributed by atoms with E-state index in [1.54, 1.807) is 12.4 Å². The lowest BCUT2D eigenvalue weighted by Crippen LogP contribution is -2.08. The molecule has 2 aromatic rings. The minimum atomic E-state index is 0.556. The fraction of sp³-hybridized carbons (Fsp3) is 0.357. The quantitative estimate of drug-likeness (QED) is 0.861. The Morgan fingerprint density at radius 1 is 1.26 bits per heavy atom. The van der Waals surface area contributed by atoms with Crippen LogP contribution < -0.4 is 10.1 Å². The summed E-state index contributed by atoms with van der Waals surface area (Å²) in [7, 11) is 0. The number of nitrogens with one attached hydrogen (secondary N) is 1. The van der Waals surface area contributed by atoms with Gasteiger partial charge in [-0.1, -0.05) is 6.07 Å². The molecule has 5 nitrogen and oxygen atoms in total. The van der Waals surface area contributed by atoms with Gasteiger partial charge < -0.3 is 10.1 Å². The number of aryl methyl sites for hydroxylation is 1. The summed E-state index contributed by atoms with van der Waals surface area (Å²) < 4.78 is 5.70. The SMILES string of the molecule is CCNc1ncc(C)c(OCCc2ccccn2)n1. The lowest BCUT2D eigenvalue weighted by atomic mass is 10.3. The fourth-order valence-corrected chi connectivity index (χ4v) is 1.61. The molecule has 0 aliphatic rings. The number of nitrogens with zero attached hydrogens (tertiary/aromatic N) is 3. The van der Waals surface area contributed by atoms with Crippen LogP contribution in [0, 0.1) is 6.92 Å². The van der Waals surface area contributed by atoms with Crippen LogP contribution in [-0.4, -0.2) is 28.1 Å². The van der Waals surface area contributed by atoms with E-state index in [9.17, 15) is 0 Å². The van der Waals surface area contributed by atoms with Gasteiger partial charge in [0, 0.05) is 36.6 Å². The van der Waals surface area contributed by atoms with Crippen molar-refractivity contribution in [3.8, 4) is 5.88 Å². The molecule has 0 unspecified atom stereocenters. The van der Waals surface area contributed by atoms with Crippen LogP contribution in [-0.2, 0) is 6.42 Å². The number of hydrogen-bond donors (Lipinski definition) is 1. The van der Waals surface area contributed by atoms with Gasteiger partial charge in [0.05, 0.1) is 6.61 Å². The maximum atomic E-state index is 5.70. The smallest absolute Gasteiger partial charge is 0.225 e. The van der Waals surface area contributed by atoms with Crippen LogP contribution >= 0.6 is 0 Å². The van der Waals surface area contributed by atoms with Crippen LogP contribution in [0.25, 0.3) is 0 Å². The van der Waals surface area contributed by atoms with Gasteiger partial charge in [0.15, 0.2) is 0 Å². The highest BCUT2D eigenvalue weighted by Gasteiger charge is 2.04. The van der Waals surface area contributed by atoms with Crippen molar-refractivity contribution in [2.24, 2.45) is 0 Å². The lowest BCUT2D eigenvalue weighted by molar-refractivity contribution is 0.305. The van der Waals surface area contributed by atoms with Gasteiger partial charge in [-0.3, -0.25) is 4.98 Å². The van der Waals surface area contributed by atoms with Crippen LogP contribution in [0.2, 0.25) is 0 Å². The molecule has 1 N–H and O–H groups in total. The molecule has 0 bridgehead atoms. The zero-order chi connectivity index (χ0) is 13.5. The van der Waals surface area contributed by atoms with E-state index in [4.69, 9.17) is 4.74 Å². The van der Waals surface area contributed by atoms with E-state index in [2.05, 4.69) is 20.3 Å². The van der Waals surface area contributed by atoms with E-state index in [0.717, 1.165) is 24.2 Å². The molecule has 0 aliphatic heterocycles. The fourth-order valence-electron chi connectivity index (χ4n) is 1.61. The first kappa shape index (κ1) is 13.3. The number of anilines is 1. The van der Waals surface area contributed by atoms with Gasteiger partial charge in [0.25, 0.3) is 0 Å². The van der Waals surface area contributed by atoms with Crippen LogP contribution in [0.1, 0.15) is 18.2 Å². The van der Waals surface area contributed by atoms with E-state index in [-0.39, 0.29) is 0 Å². The molecular formula is C14H18N4O. The van der Waals surface area contributed by atoms with Crippen molar-refractivity contribution in [2.75, 3.05) is 18.5 Å². The van der Waals surface area contributed by atoms with Gasteiger partial charge in [-0.15, -0.1) is 0 Å². The number of ether oxygens (including phenoxy) is 1. The predicted molar refractivity (Wildman–Crippen MR) is 74.4 cm³/mol. The molecule has 0 atom stereocenters. The molecule has 100 valence electrons. The topological polar surface area (TPSA) is 59.9 Å². The highest BCUT2D eigenvalue weighted by Crippen LogP contribution is 2.15. The van der Waals surface area contributed by atoms with Crippen molar-refractivity contribution in [2.45, 2.75) is 20.3 Å². The molecule has 5 heteroatoms. The largest absolute Gasteiger partial charge is 0.477 e. The van der Waals surface area contributed by atoms with Gasteiger partial charge in [0.1, 0.15) is 0 Å². The Balaban J connectivity index is 1.93. The Hall–Kier alpha value is -2.17. The van der Waals surface area contributed by atoms with Gasteiger partial charge in [-0.05, 0) is 26.0 Å². The van der Waals surface area contributed by atoms with Crippen LogP contribution in [0.15, 0.2) is 30.6 Å². The second-order valence-electron chi connectivity index (χ2n) is 4.13. The van der Waals surface area contributed by atoms with E-state index >= 15 is 0 Å². The molecule has 2 heterocycles. The van der Waals surface area contributed by atoms with Gasteiger partial charge in [0.2, 0.25) is 11.8 Å². The third-order valence-electron chi connectivity index (χ3n) is 2.58. The minimum Gasteiger partial charge on any atom is -0.477 e. The number of hydrogen-bond acceptors (Lipinski definition) is 5. The average molecular weight is 258 g/mol. The summed E-state index contributed by atoms with van der Waals surface area (Å²) in [5.74, 6) is 1.22. The first-order valence-electron chi connectivity index (χ1n) is 6.40. The molecule has 0 fully saturated rings. The number of rotatable bonds is 6. The maximum absolute atomic E-state index is 5.70. The second-order valence-corrected chi connectivity index (χ2v) is 4.13. The summed E-state index contributed by atoms with van der Waals surface area (Å²) in [6, 6.07) is 5.86. The summed E-state index contributed by atoms with van der Waals surface area (Å²) in [5, 5.41) is 3.07. The van der Waals surface area contributed by atoms with Crippen LogP contribution in [0.4, 0.5) is 5.95 Å². The second kappa shape index (κ2) is 6.68. The zero-order valence-corrected chi connectivity index (χ0v) is 11.3. The van der Waals surface area contributed by atoms with Crippen molar-refractivity contribution in [3.63, 3.8) is 0 Å². The highest BCUT2D eigenvalue weighted by molar-refractivity contribution is 5.32. The summed E-state index contributed by atoms with van der Waals surface area (Å²) in [6.07, 6.45) is 4.32. The first-order chi connectivity index (χ1) is 9.29. The van der Waals surface area contributed by atoms with Gasteiger partial charge in [-0.25, -0.2) is 4.98 Å². The van der Waals surface area contributed by atoms with Gasteiger partial charge in [-0.2, -0.15) is 4.98 Å². The Bertz CT molecular complexity index is 516. The molecule has 0 amide bonds. The number of aromatic nitrogens is 3. The lowest BCUT2D eigenvalue weighted by Gasteiger charge is -2.09. The third-order valence-corrected chi connectivity index (χ3v) is 2.58. The standard InChI is InChI=1S/C14H18N4O/c1-3-15-14-17-10-11(2)13(18-14)19-9-7-12-6-4-5-8-16-12/h4-6,8,10H,3,7,9H2,1-2H3,(H,15,17,18). The summed E-state index contributed by atoms with van der Waals surface area (Å²) in [4.78, 5) is 12.8. The Labute approximate surface area is 113 Å². The third kappa shape index (κ3) is 3.91. The van der Waals surface area contributed by atoms with E-state index in [0.29, 0.717) is 18.4 Å². The molecule has 0 spiro atoms. The summed E-state index contributed by atoms with van der Waals surface area (Å²) in [5.41, 5.74) is 1.95.